The number of hydrogen-bond donors (Lipinski definition) is 2. The Kier molecular flexibility index (Phi) is 5.04. The molecule has 1 heterocycles. The first kappa shape index (κ1) is 13.9. The lowest BCUT2D eigenvalue weighted by atomic mass is 9.90. The highest BCUT2D eigenvalue weighted by atomic mass is 35.5. The minimum absolute atomic E-state index is 0.161. The molecule has 1 fully saturated rings. The SMILES string of the molecule is CCC[C@H]1CCC[C@@H](C(O)c2cccc(Cl)c2)N1. The van der Waals surface area contributed by atoms with E-state index >= 15 is 0 Å². The molecule has 1 aromatic carbocycles. The summed E-state index contributed by atoms with van der Waals surface area (Å²) in [7, 11) is 0. The predicted molar refractivity (Wildman–Crippen MR) is 75.9 cm³/mol. The highest BCUT2D eigenvalue weighted by Gasteiger charge is 2.26. The topological polar surface area (TPSA) is 32.3 Å². The van der Waals surface area contributed by atoms with Crippen LogP contribution in [0.15, 0.2) is 24.3 Å². The van der Waals surface area contributed by atoms with Crippen LogP contribution in [-0.2, 0) is 0 Å². The fraction of sp³-hybridized carbons (Fsp3) is 0.600. The molecule has 1 aromatic rings. The highest BCUT2D eigenvalue weighted by Crippen LogP contribution is 2.27. The zero-order valence-corrected chi connectivity index (χ0v) is 11.7. The third kappa shape index (κ3) is 3.47. The van der Waals surface area contributed by atoms with Gasteiger partial charge in [0.15, 0.2) is 0 Å². The van der Waals surface area contributed by atoms with Crippen molar-refractivity contribution >= 4 is 11.6 Å². The molecular formula is C15H22ClNO. The summed E-state index contributed by atoms with van der Waals surface area (Å²) in [6.45, 7) is 2.21. The number of nitrogens with one attached hydrogen (secondary N) is 1. The Balaban J connectivity index is 2.02. The molecule has 100 valence electrons. The molecule has 3 atom stereocenters. The molecule has 0 radical (unpaired) electrons. The maximum atomic E-state index is 10.4. The van der Waals surface area contributed by atoms with Gasteiger partial charge >= 0.3 is 0 Å². The Labute approximate surface area is 114 Å². The second kappa shape index (κ2) is 6.55. The van der Waals surface area contributed by atoms with Gasteiger partial charge in [-0.25, -0.2) is 0 Å². The van der Waals surface area contributed by atoms with E-state index < -0.39 is 6.10 Å². The molecule has 0 spiro atoms. The van der Waals surface area contributed by atoms with Crippen LogP contribution in [0.5, 0.6) is 0 Å². The smallest absolute Gasteiger partial charge is 0.0943 e. The molecule has 0 aliphatic carbocycles. The van der Waals surface area contributed by atoms with Gasteiger partial charge in [-0.05, 0) is 37.0 Å². The van der Waals surface area contributed by atoms with Crippen molar-refractivity contribution in [3.8, 4) is 0 Å². The lowest BCUT2D eigenvalue weighted by molar-refractivity contribution is 0.0998. The molecule has 0 bridgehead atoms. The van der Waals surface area contributed by atoms with Crippen LogP contribution in [-0.4, -0.2) is 17.2 Å². The quantitative estimate of drug-likeness (QED) is 0.872. The van der Waals surface area contributed by atoms with Crippen molar-refractivity contribution in [3.63, 3.8) is 0 Å². The Hall–Kier alpha value is -0.570. The van der Waals surface area contributed by atoms with Gasteiger partial charge in [0.25, 0.3) is 0 Å². The van der Waals surface area contributed by atoms with E-state index in [1.807, 2.05) is 24.3 Å². The van der Waals surface area contributed by atoms with Gasteiger partial charge in [-0.15, -0.1) is 0 Å². The summed E-state index contributed by atoms with van der Waals surface area (Å²) in [4.78, 5) is 0. The van der Waals surface area contributed by atoms with Crippen LogP contribution in [0.25, 0.3) is 0 Å². The largest absolute Gasteiger partial charge is 0.387 e. The van der Waals surface area contributed by atoms with E-state index in [0.717, 1.165) is 12.0 Å². The van der Waals surface area contributed by atoms with Crippen LogP contribution in [0.1, 0.15) is 50.7 Å². The van der Waals surface area contributed by atoms with Crippen LogP contribution in [0, 0.1) is 0 Å². The van der Waals surface area contributed by atoms with Gasteiger partial charge in [0.1, 0.15) is 0 Å². The monoisotopic (exact) mass is 267 g/mol. The fourth-order valence-electron chi connectivity index (χ4n) is 2.80. The van der Waals surface area contributed by atoms with Crippen LogP contribution >= 0.6 is 11.6 Å². The van der Waals surface area contributed by atoms with Crippen LogP contribution in [0.2, 0.25) is 5.02 Å². The standard InChI is InChI=1S/C15H22ClNO/c1-2-5-13-8-4-9-14(17-13)15(18)11-6-3-7-12(16)10-11/h3,6-7,10,13-15,17-18H,2,4-5,8-9H2,1H3/t13-,14-,15?/m0/s1. The van der Waals surface area contributed by atoms with E-state index in [2.05, 4.69) is 12.2 Å². The molecule has 1 aliphatic heterocycles. The Morgan fingerprint density at radius 1 is 1.44 bits per heavy atom. The average Bonchev–Trinajstić information content (AvgIpc) is 2.39. The van der Waals surface area contributed by atoms with Crippen LogP contribution in [0.4, 0.5) is 0 Å². The summed E-state index contributed by atoms with van der Waals surface area (Å²) in [5.41, 5.74) is 0.914. The highest BCUT2D eigenvalue weighted by molar-refractivity contribution is 6.30. The number of rotatable bonds is 4. The molecule has 2 nitrogen and oxygen atoms in total. The minimum Gasteiger partial charge on any atom is -0.387 e. The second-order valence-corrected chi connectivity index (χ2v) is 5.63. The van der Waals surface area contributed by atoms with E-state index in [9.17, 15) is 5.11 Å². The molecule has 0 aromatic heterocycles. The van der Waals surface area contributed by atoms with E-state index in [1.54, 1.807) is 0 Å². The molecule has 2 rings (SSSR count). The first-order valence-corrected chi connectivity index (χ1v) is 7.28. The van der Waals surface area contributed by atoms with Crippen molar-refractivity contribution in [2.75, 3.05) is 0 Å². The van der Waals surface area contributed by atoms with Crippen molar-refractivity contribution in [2.24, 2.45) is 0 Å². The molecular weight excluding hydrogens is 246 g/mol. The van der Waals surface area contributed by atoms with Crippen LogP contribution < -0.4 is 5.32 Å². The Bertz CT molecular complexity index is 381. The van der Waals surface area contributed by atoms with Gasteiger partial charge in [-0.2, -0.15) is 0 Å². The van der Waals surface area contributed by atoms with E-state index in [-0.39, 0.29) is 6.04 Å². The summed E-state index contributed by atoms with van der Waals surface area (Å²) in [6, 6.07) is 8.26. The lowest BCUT2D eigenvalue weighted by Crippen LogP contribution is -2.45. The summed E-state index contributed by atoms with van der Waals surface area (Å²) in [5, 5.41) is 14.7. The molecule has 3 heteroatoms. The summed E-state index contributed by atoms with van der Waals surface area (Å²) < 4.78 is 0. The molecule has 1 saturated heterocycles. The minimum atomic E-state index is -0.455. The molecule has 0 amide bonds. The predicted octanol–water partition coefficient (Wildman–Crippen LogP) is 3.68. The maximum Gasteiger partial charge on any atom is 0.0943 e. The fourth-order valence-corrected chi connectivity index (χ4v) is 3.00. The zero-order chi connectivity index (χ0) is 13.0. The first-order chi connectivity index (χ1) is 8.70. The number of hydrogen-bond acceptors (Lipinski definition) is 2. The van der Waals surface area contributed by atoms with Crippen molar-refractivity contribution in [1.29, 1.82) is 0 Å². The Morgan fingerprint density at radius 2 is 2.28 bits per heavy atom. The second-order valence-electron chi connectivity index (χ2n) is 5.19. The average molecular weight is 268 g/mol. The van der Waals surface area contributed by atoms with Crippen molar-refractivity contribution in [3.05, 3.63) is 34.9 Å². The summed E-state index contributed by atoms with van der Waals surface area (Å²) >= 11 is 5.97. The Morgan fingerprint density at radius 3 is 3.00 bits per heavy atom. The van der Waals surface area contributed by atoms with Gasteiger partial charge in [0, 0.05) is 17.1 Å². The van der Waals surface area contributed by atoms with Gasteiger partial charge < -0.3 is 10.4 Å². The van der Waals surface area contributed by atoms with Crippen molar-refractivity contribution < 1.29 is 5.11 Å². The molecule has 1 aliphatic rings. The normalized spacial score (nSPS) is 25.9. The number of halogens is 1. The number of aliphatic hydroxyl groups excluding tert-OH is 1. The first-order valence-electron chi connectivity index (χ1n) is 6.90. The molecule has 0 saturated carbocycles. The van der Waals surface area contributed by atoms with Crippen molar-refractivity contribution in [2.45, 2.75) is 57.2 Å². The molecule has 18 heavy (non-hydrogen) atoms. The van der Waals surface area contributed by atoms with Gasteiger partial charge in [-0.3, -0.25) is 0 Å². The van der Waals surface area contributed by atoms with Gasteiger partial charge in [-0.1, -0.05) is 43.5 Å². The number of benzene rings is 1. The zero-order valence-electron chi connectivity index (χ0n) is 10.9. The van der Waals surface area contributed by atoms with E-state index in [4.69, 9.17) is 11.6 Å². The van der Waals surface area contributed by atoms with E-state index in [0.29, 0.717) is 11.1 Å². The molecule has 2 N–H and O–H groups in total. The number of aliphatic hydroxyl groups is 1. The van der Waals surface area contributed by atoms with Gasteiger partial charge in [0.05, 0.1) is 6.10 Å². The van der Waals surface area contributed by atoms with Crippen molar-refractivity contribution in [1.82, 2.24) is 5.32 Å². The lowest BCUT2D eigenvalue weighted by Gasteiger charge is -2.34. The summed E-state index contributed by atoms with van der Waals surface area (Å²) in [5.74, 6) is 0. The summed E-state index contributed by atoms with van der Waals surface area (Å²) in [6.07, 6.45) is 5.39. The third-order valence-electron chi connectivity index (χ3n) is 3.73. The maximum absolute atomic E-state index is 10.4. The third-order valence-corrected chi connectivity index (χ3v) is 3.96. The molecule has 1 unspecified atom stereocenters. The number of piperidine rings is 1. The van der Waals surface area contributed by atoms with Crippen LogP contribution in [0.3, 0.4) is 0 Å². The van der Waals surface area contributed by atoms with E-state index in [1.165, 1.54) is 25.7 Å². The van der Waals surface area contributed by atoms with Gasteiger partial charge in [0.2, 0.25) is 0 Å².